The van der Waals surface area contributed by atoms with Gasteiger partial charge in [-0.1, -0.05) is 0 Å². The summed E-state index contributed by atoms with van der Waals surface area (Å²) in [4.78, 5) is 29.9. The first-order valence-electron chi connectivity index (χ1n) is 6.89. The predicted molar refractivity (Wildman–Crippen MR) is 83.5 cm³/mol. The topological polar surface area (TPSA) is 89.8 Å². The number of benzene rings is 1. The normalized spacial score (nSPS) is 10.6. The molecule has 0 aliphatic rings. The Kier molecular flexibility index (Phi) is 3.42. The van der Waals surface area contributed by atoms with E-state index in [1.807, 2.05) is 26.0 Å². The van der Waals surface area contributed by atoms with Gasteiger partial charge in [-0.2, -0.15) is 0 Å². The number of amides is 2. The Morgan fingerprint density at radius 1 is 1.05 bits per heavy atom. The van der Waals surface area contributed by atoms with E-state index >= 15 is 0 Å². The van der Waals surface area contributed by atoms with Crippen LogP contribution < -0.4 is 10.9 Å². The lowest BCUT2D eigenvalue weighted by Gasteiger charge is -2.06. The molecule has 0 spiro atoms. The van der Waals surface area contributed by atoms with Crippen LogP contribution in [0.15, 0.2) is 36.5 Å². The maximum atomic E-state index is 12.1. The van der Waals surface area contributed by atoms with Crippen molar-refractivity contribution < 1.29 is 9.59 Å². The van der Waals surface area contributed by atoms with Gasteiger partial charge in [0.15, 0.2) is 0 Å². The molecular weight excluding hydrogens is 280 g/mol. The Morgan fingerprint density at radius 2 is 1.82 bits per heavy atom. The number of rotatable bonds is 2. The Morgan fingerprint density at radius 3 is 2.55 bits per heavy atom. The number of nitrogens with one attached hydrogen (secondary N) is 4. The zero-order chi connectivity index (χ0) is 15.7. The Labute approximate surface area is 126 Å². The first-order valence-corrected chi connectivity index (χ1v) is 6.89. The molecule has 0 radical (unpaired) electrons. The maximum Gasteiger partial charge on any atom is 0.286 e. The fraction of sp³-hybridized carbons (Fsp3) is 0.125. The molecule has 3 rings (SSSR count). The highest BCUT2D eigenvalue weighted by molar-refractivity contribution is 6.01. The molecule has 0 bridgehead atoms. The number of hydrogen-bond donors (Lipinski definition) is 4. The molecule has 0 atom stereocenters. The molecule has 2 aromatic heterocycles. The van der Waals surface area contributed by atoms with Gasteiger partial charge in [-0.05, 0) is 49.7 Å². The standard InChI is InChI=1S/C16H16N4O2/c1-9-10(2)18-13-6-5-11(8-12(9)13)15(21)19-20-16(22)14-4-3-7-17-14/h3-8,17-18H,1-2H3,(H,19,21)(H,20,22). The fourth-order valence-electron chi connectivity index (χ4n) is 2.33. The second kappa shape index (κ2) is 5.40. The van der Waals surface area contributed by atoms with E-state index < -0.39 is 5.91 Å². The van der Waals surface area contributed by atoms with Crippen LogP contribution in [0.1, 0.15) is 32.1 Å². The summed E-state index contributed by atoms with van der Waals surface area (Å²) in [6.45, 7) is 3.99. The Bertz CT molecular complexity index is 847. The van der Waals surface area contributed by atoms with E-state index in [9.17, 15) is 9.59 Å². The summed E-state index contributed by atoms with van der Waals surface area (Å²) in [5, 5.41) is 1.00. The second-order valence-corrected chi connectivity index (χ2v) is 5.13. The zero-order valence-corrected chi connectivity index (χ0v) is 12.3. The zero-order valence-electron chi connectivity index (χ0n) is 12.3. The minimum Gasteiger partial charge on any atom is -0.358 e. The Balaban J connectivity index is 1.75. The Hall–Kier alpha value is -3.02. The van der Waals surface area contributed by atoms with Gasteiger partial charge in [0.2, 0.25) is 0 Å². The minimum atomic E-state index is -0.395. The van der Waals surface area contributed by atoms with Crippen LogP contribution in [-0.2, 0) is 0 Å². The molecule has 0 saturated heterocycles. The first kappa shape index (κ1) is 13.9. The molecule has 3 aromatic rings. The highest BCUT2D eigenvalue weighted by atomic mass is 16.2. The van der Waals surface area contributed by atoms with Crippen molar-refractivity contribution in [1.82, 2.24) is 20.8 Å². The molecule has 22 heavy (non-hydrogen) atoms. The summed E-state index contributed by atoms with van der Waals surface area (Å²) in [6, 6.07) is 8.72. The maximum absolute atomic E-state index is 12.1. The number of aromatic amines is 2. The van der Waals surface area contributed by atoms with Crippen molar-refractivity contribution in [3.8, 4) is 0 Å². The second-order valence-electron chi connectivity index (χ2n) is 5.13. The van der Waals surface area contributed by atoms with Crippen molar-refractivity contribution in [2.75, 3.05) is 0 Å². The van der Waals surface area contributed by atoms with Gasteiger partial charge in [0.05, 0.1) is 0 Å². The quantitative estimate of drug-likeness (QED) is 0.546. The van der Waals surface area contributed by atoms with Crippen molar-refractivity contribution in [3.05, 3.63) is 59.0 Å². The van der Waals surface area contributed by atoms with Gasteiger partial charge in [-0.25, -0.2) is 0 Å². The van der Waals surface area contributed by atoms with Crippen molar-refractivity contribution in [2.45, 2.75) is 13.8 Å². The summed E-state index contributed by atoms with van der Waals surface area (Å²) in [7, 11) is 0. The number of carbonyl (C=O) groups is 2. The van der Waals surface area contributed by atoms with Gasteiger partial charge < -0.3 is 9.97 Å². The van der Waals surface area contributed by atoms with Crippen molar-refractivity contribution in [1.29, 1.82) is 0 Å². The number of hydrazine groups is 1. The summed E-state index contributed by atoms with van der Waals surface area (Å²) in [5.74, 6) is -0.756. The van der Waals surface area contributed by atoms with E-state index in [1.165, 1.54) is 0 Å². The molecule has 0 unspecified atom stereocenters. The molecule has 2 heterocycles. The van der Waals surface area contributed by atoms with Crippen LogP contribution in [0.5, 0.6) is 0 Å². The summed E-state index contributed by atoms with van der Waals surface area (Å²) in [6.07, 6.45) is 1.64. The molecular formula is C16H16N4O2. The number of carbonyl (C=O) groups excluding carboxylic acids is 2. The van der Waals surface area contributed by atoms with Crippen LogP contribution in [0.2, 0.25) is 0 Å². The monoisotopic (exact) mass is 296 g/mol. The van der Waals surface area contributed by atoms with Gasteiger partial charge in [0, 0.05) is 28.4 Å². The van der Waals surface area contributed by atoms with Crippen LogP contribution in [-0.4, -0.2) is 21.8 Å². The van der Waals surface area contributed by atoms with E-state index in [0.29, 0.717) is 11.3 Å². The molecule has 2 amide bonds. The minimum absolute atomic E-state index is 0.361. The molecule has 0 fully saturated rings. The SMILES string of the molecule is Cc1[nH]c2ccc(C(=O)NNC(=O)c3ccc[nH]3)cc2c1C. The van der Waals surface area contributed by atoms with Crippen LogP contribution in [0.25, 0.3) is 10.9 Å². The highest BCUT2D eigenvalue weighted by Crippen LogP contribution is 2.22. The van der Waals surface area contributed by atoms with Gasteiger partial charge >= 0.3 is 0 Å². The first-order chi connectivity index (χ1) is 10.6. The molecule has 6 heteroatoms. The lowest BCUT2D eigenvalue weighted by Crippen LogP contribution is -2.41. The molecule has 112 valence electrons. The van der Waals surface area contributed by atoms with E-state index in [-0.39, 0.29) is 5.91 Å². The van der Waals surface area contributed by atoms with E-state index in [0.717, 1.165) is 22.2 Å². The lowest BCUT2D eigenvalue weighted by atomic mass is 10.1. The van der Waals surface area contributed by atoms with E-state index in [1.54, 1.807) is 24.4 Å². The molecule has 0 aliphatic heterocycles. The number of hydrogen-bond acceptors (Lipinski definition) is 2. The summed E-state index contributed by atoms with van der Waals surface area (Å²) < 4.78 is 0. The average molecular weight is 296 g/mol. The van der Waals surface area contributed by atoms with Gasteiger partial charge in [-0.3, -0.25) is 20.4 Å². The number of H-pyrrole nitrogens is 2. The van der Waals surface area contributed by atoms with Gasteiger partial charge in [0.25, 0.3) is 11.8 Å². The average Bonchev–Trinajstić information content (AvgIpc) is 3.14. The third-order valence-electron chi connectivity index (χ3n) is 3.70. The van der Waals surface area contributed by atoms with Crippen molar-refractivity contribution >= 4 is 22.7 Å². The van der Waals surface area contributed by atoms with Crippen LogP contribution in [0, 0.1) is 13.8 Å². The van der Waals surface area contributed by atoms with Crippen LogP contribution >= 0.6 is 0 Å². The number of fused-ring (bicyclic) bond motifs is 1. The number of aromatic nitrogens is 2. The van der Waals surface area contributed by atoms with Gasteiger partial charge in [0.1, 0.15) is 5.69 Å². The van der Waals surface area contributed by atoms with Crippen molar-refractivity contribution in [3.63, 3.8) is 0 Å². The van der Waals surface area contributed by atoms with E-state index in [2.05, 4.69) is 20.8 Å². The summed E-state index contributed by atoms with van der Waals surface area (Å²) in [5.41, 5.74) is 8.83. The van der Waals surface area contributed by atoms with Gasteiger partial charge in [-0.15, -0.1) is 0 Å². The smallest absolute Gasteiger partial charge is 0.286 e. The molecule has 4 N–H and O–H groups in total. The molecule has 0 aliphatic carbocycles. The van der Waals surface area contributed by atoms with Crippen LogP contribution in [0.4, 0.5) is 0 Å². The highest BCUT2D eigenvalue weighted by Gasteiger charge is 2.11. The lowest BCUT2D eigenvalue weighted by molar-refractivity contribution is 0.0844. The van der Waals surface area contributed by atoms with Crippen molar-refractivity contribution in [2.24, 2.45) is 0 Å². The van der Waals surface area contributed by atoms with Crippen LogP contribution in [0.3, 0.4) is 0 Å². The molecule has 6 nitrogen and oxygen atoms in total. The van der Waals surface area contributed by atoms with E-state index in [4.69, 9.17) is 0 Å². The summed E-state index contributed by atoms with van der Waals surface area (Å²) >= 11 is 0. The third-order valence-corrected chi connectivity index (χ3v) is 3.70. The third kappa shape index (κ3) is 2.46. The molecule has 1 aromatic carbocycles. The number of aryl methyl sites for hydroxylation is 2. The predicted octanol–water partition coefficient (Wildman–Crippen LogP) is 2.19. The molecule has 0 saturated carbocycles. The largest absolute Gasteiger partial charge is 0.358 e. The fourth-order valence-corrected chi connectivity index (χ4v) is 2.33.